The quantitative estimate of drug-likeness (QED) is 0.563. The summed E-state index contributed by atoms with van der Waals surface area (Å²) < 4.78 is 7.08. The number of aryl methyl sites for hydroxylation is 1. The molecule has 126 valence electrons. The summed E-state index contributed by atoms with van der Waals surface area (Å²) in [6, 6.07) is 3.90. The first kappa shape index (κ1) is 18.0. The Kier molecular flexibility index (Phi) is 6.19. The molecule has 1 fully saturated rings. The van der Waals surface area contributed by atoms with E-state index in [2.05, 4.69) is 16.0 Å². The zero-order valence-corrected chi connectivity index (χ0v) is 14.7. The van der Waals surface area contributed by atoms with Crippen molar-refractivity contribution in [2.75, 3.05) is 13.7 Å². The van der Waals surface area contributed by atoms with Crippen molar-refractivity contribution in [2.45, 2.75) is 45.6 Å². The molecule has 4 nitrogen and oxygen atoms in total. The number of hydrogen-bond donors (Lipinski definition) is 0. The third-order valence-electron chi connectivity index (χ3n) is 4.73. The number of carbonyl (C=O) groups is 1. The molecule has 1 heterocycles. The van der Waals surface area contributed by atoms with Gasteiger partial charge in [0.1, 0.15) is 0 Å². The lowest BCUT2D eigenvalue weighted by molar-refractivity contribution is 0.0963. The molecule has 0 amide bonds. The molecule has 0 N–H and O–H groups in total. The van der Waals surface area contributed by atoms with Gasteiger partial charge in [0.15, 0.2) is 5.78 Å². The van der Waals surface area contributed by atoms with Crippen LogP contribution in [0, 0.1) is 12.8 Å². The second-order valence-electron chi connectivity index (χ2n) is 6.34. The van der Waals surface area contributed by atoms with Crippen LogP contribution < -0.4 is 0 Å². The lowest BCUT2D eigenvalue weighted by Gasteiger charge is -2.24. The molecule has 1 aromatic carbocycles. The predicted molar refractivity (Wildman–Crippen MR) is 94.5 cm³/mol. The van der Waals surface area contributed by atoms with Gasteiger partial charge in [-0.25, -0.2) is 0 Å². The number of methoxy groups -OCH3 is 1. The standard InChI is InChI=1S/C18H24N2O2.ClH/c1-13-15(18(21)7-4-10-22-2)8-9-17-16(13)12-20(19-17)11-14-5-3-6-14;/h8-9,12,14H,3-7,10-11H2,1-2H3;1H. The number of ether oxygens (including phenoxy) is 1. The van der Waals surface area contributed by atoms with E-state index in [1.165, 1.54) is 19.3 Å². The van der Waals surface area contributed by atoms with Crippen LogP contribution in [0.1, 0.15) is 48.0 Å². The van der Waals surface area contributed by atoms with E-state index < -0.39 is 0 Å². The van der Waals surface area contributed by atoms with Crippen LogP contribution in [0.2, 0.25) is 0 Å². The number of rotatable bonds is 7. The van der Waals surface area contributed by atoms with Gasteiger partial charge in [0, 0.05) is 43.8 Å². The summed E-state index contributed by atoms with van der Waals surface area (Å²) in [7, 11) is 1.66. The number of hydrogen-bond acceptors (Lipinski definition) is 3. The molecule has 1 aliphatic carbocycles. The molecule has 23 heavy (non-hydrogen) atoms. The van der Waals surface area contributed by atoms with Crippen LogP contribution in [0.5, 0.6) is 0 Å². The summed E-state index contributed by atoms with van der Waals surface area (Å²) in [4.78, 5) is 12.3. The van der Waals surface area contributed by atoms with Crippen LogP contribution in [-0.4, -0.2) is 29.3 Å². The Morgan fingerprint density at radius 2 is 2.17 bits per heavy atom. The van der Waals surface area contributed by atoms with Gasteiger partial charge in [-0.3, -0.25) is 9.48 Å². The van der Waals surface area contributed by atoms with Crippen molar-refractivity contribution in [1.82, 2.24) is 9.78 Å². The molecule has 0 unspecified atom stereocenters. The topological polar surface area (TPSA) is 44.1 Å². The molecule has 1 aliphatic rings. The van der Waals surface area contributed by atoms with Gasteiger partial charge >= 0.3 is 0 Å². The van der Waals surface area contributed by atoms with Gasteiger partial charge in [-0.2, -0.15) is 5.10 Å². The fourth-order valence-corrected chi connectivity index (χ4v) is 3.13. The summed E-state index contributed by atoms with van der Waals surface area (Å²) in [6.07, 6.45) is 7.40. The van der Waals surface area contributed by atoms with Gasteiger partial charge in [-0.15, -0.1) is 12.4 Å². The number of carbonyl (C=O) groups excluding carboxylic acids is 1. The molecular weight excluding hydrogens is 312 g/mol. The SMILES string of the molecule is COCCCC(=O)c1ccc2nn(CC3CCC3)cc2c1C.Cl. The number of ketones is 1. The number of fused-ring (bicyclic) bond motifs is 1. The number of nitrogens with zero attached hydrogens (tertiary/aromatic N) is 2. The maximum absolute atomic E-state index is 12.3. The zero-order valence-electron chi connectivity index (χ0n) is 13.9. The molecule has 1 saturated carbocycles. The fourth-order valence-electron chi connectivity index (χ4n) is 3.13. The third-order valence-corrected chi connectivity index (χ3v) is 4.73. The lowest BCUT2D eigenvalue weighted by Crippen LogP contribution is -2.18. The highest BCUT2D eigenvalue weighted by molar-refractivity contribution is 6.01. The Hall–Kier alpha value is -1.39. The summed E-state index contributed by atoms with van der Waals surface area (Å²) in [6.45, 7) is 3.67. The molecule has 0 radical (unpaired) electrons. The highest BCUT2D eigenvalue weighted by Crippen LogP contribution is 2.29. The zero-order chi connectivity index (χ0) is 15.5. The number of halogens is 1. The average Bonchev–Trinajstić information content (AvgIpc) is 2.87. The van der Waals surface area contributed by atoms with Crippen molar-refractivity contribution in [3.05, 3.63) is 29.5 Å². The molecule has 1 aromatic heterocycles. The number of benzene rings is 1. The number of aromatic nitrogens is 2. The molecule has 0 saturated heterocycles. The van der Waals surface area contributed by atoms with Gasteiger partial charge in [-0.05, 0) is 49.8 Å². The average molecular weight is 337 g/mol. The van der Waals surface area contributed by atoms with Crippen molar-refractivity contribution in [3.63, 3.8) is 0 Å². The maximum atomic E-state index is 12.3. The van der Waals surface area contributed by atoms with E-state index >= 15 is 0 Å². The highest BCUT2D eigenvalue weighted by atomic mass is 35.5. The van der Waals surface area contributed by atoms with E-state index in [0.717, 1.165) is 40.9 Å². The minimum Gasteiger partial charge on any atom is -0.385 e. The molecule has 3 rings (SSSR count). The molecule has 0 bridgehead atoms. The van der Waals surface area contributed by atoms with Crippen molar-refractivity contribution >= 4 is 29.1 Å². The largest absolute Gasteiger partial charge is 0.385 e. The maximum Gasteiger partial charge on any atom is 0.163 e. The Balaban J connectivity index is 0.00000192. The van der Waals surface area contributed by atoms with Gasteiger partial charge in [-0.1, -0.05) is 6.42 Å². The van der Waals surface area contributed by atoms with E-state index in [4.69, 9.17) is 4.74 Å². The predicted octanol–water partition coefficient (Wildman–Crippen LogP) is 4.18. The van der Waals surface area contributed by atoms with Crippen LogP contribution >= 0.6 is 12.4 Å². The Labute approximate surface area is 143 Å². The van der Waals surface area contributed by atoms with E-state index in [0.29, 0.717) is 13.0 Å². The van der Waals surface area contributed by atoms with Crippen LogP contribution in [0.4, 0.5) is 0 Å². The first-order valence-corrected chi connectivity index (χ1v) is 8.18. The Bertz CT molecular complexity index is 677. The van der Waals surface area contributed by atoms with E-state index in [1.54, 1.807) is 7.11 Å². The van der Waals surface area contributed by atoms with Crippen molar-refractivity contribution in [2.24, 2.45) is 5.92 Å². The molecule has 0 aliphatic heterocycles. The fraction of sp³-hybridized carbons (Fsp3) is 0.556. The van der Waals surface area contributed by atoms with Crippen molar-refractivity contribution < 1.29 is 9.53 Å². The summed E-state index contributed by atoms with van der Waals surface area (Å²) in [5.74, 6) is 0.980. The van der Waals surface area contributed by atoms with Gasteiger partial charge < -0.3 is 4.74 Å². The normalized spacial score (nSPS) is 14.5. The van der Waals surface area contributed by atoms with Crippen LogP contribution in [-0.2, 0) is 11.3 Å². The Morgan fingerprint density at radius 1 is 1.39 bits per heavy atom. The Morgan fingerprint density at radius 3 is 2.83 bits per heavy atom. The summed E-state index contributed by atoms with van der Waals surface area (Å²) >= 11 is 0. The first-order chi connectivity index (χ1) is 10.7. The van der Waals surface area contributed by atoms with Crippen molar-refractivity contribution in [1.29, 1.82) is 0 Å². The molecule has 5 heteroatoms. The molecular formula is C18H25ClN2O2. The van der Waals surface area contributed by atoms with Gasteiger partial charge in [0.2, 0.25) is 0 Å². The molecule has 2 aromatic rings. The highest BCUT2D eigenvalue weighted by Gasteiger charge is 2.19. The number of Topliss-reactive ketones (excluding diaryl/α,β-unsaturated/α-hetero) is 1. The van der Waals surface area contributed by atoms with Crippen molar-refractivity contribution in [3.8, 4) is 0 Å². The van der Waals surface area contributed by atoms with E-state index in [-0.39, 0.29) is 18.2 Å². The van der Waals surface area contributed by atoms with Crippen LogP contribution in [0.25, 0.3) is 10.9 Å². The van der Waals surface area contributed by atoms with E-state index in [9.17, 15) is 4.79 Å². The smallest absolute Gasteiger partial charge is 0.163 e. The second kappa shape index (κ2) is 7.93. The first-order valence-electron chi connectivity index (χ1n) is 8.18. The molecule has 0 spiro atoms. The lowest BCUT2D eigenvalue weighted by atomic mass is 9.85. The monoisotopic (exact) mass is 336 g/mol. The summed E-state index contributed by atoms with van der Waals surface area (Å²) in [5, 5.41) is 5.76. The summed E-state index contributed by atoms with van der Waals surface area (Å²) in [5.41, 5.74) is 2.87. The minimum absolute atomic E-state index is 0. The van der Waals surface area contributed by atoms with E-state index in [1.807, 2.05) is 19.1 Å². The van der Waals surface area contributed by atoms with Crippen LogP contribution in [0.3, 0.4) is 0 Å². The van der Waals surface area contributed by atoms with Crippen LogP contribution in [0.15, 0.2) is 18.3 Å². The molecule has 0 atom stereocenters. The van der Waals surface area contributed by atoms with Gasteiger partial charge in [0.25, 0.3) is 0 Å². The minimum atomic E-state index is 0. The third kappa shape index (κ3) is 3.93. The second-order valence-corrected chi connectivity index (χ2v) is 6.34. The van der Waals surface area contributed by atoms with Gasteiger partial charge in [0.05, 0.1) is 5.52 Å².